The van der Waals surface area contributed by atoms with Crippen LogP contribution in [0.15, 0.2) is 16.8 Å². The van der Waals surface area contributed by atoms with Gasteiger partial charge in [-0.15, -0.1) is 0 Å². The van der Waals surface area contributed by atoms with Gasteiger partial charge >= 0.3 is 0 Å². The predicted molar refractivity (Wildman–Crippen MR) is 68.9 cm³/mol. The third-order valence-electron chi connectivity index (χ3n) is 3.22. The van der Waals surface area contributed by atoms with E-state index in [2.05, 4.69) is 36.0 Å². The summed E-state index contributed by atoms with van der Waals surface area (Å²) in [7, 11) is 0. The number of hydrogen-bond acceptors (Lipinski definition) is 3. The minimum atomic E-state index is 0.426. The fourth-order valence-electron chi connectivity index (χ4n) is 2.39. The summed E-state index contributed by atoms with van der Waals surface area (Å²) in [5.74, 6) is 0.635. The van der Waals surface area contributed by atoms with Gasteiger partial charge in [0.25, 0.3) is 0 Å². The maximum absolute atomic E-state index is 5.69. The van der Waals surface area contributed by atoms with Crippen LogP contribution in [0.4, 0.5) is 0 Å². The molecule has 1 aromatic rings. The number of ether oxygens (including phenoxy) is 1. The van der Waals surface area contributed by atoms with Gasteiger partial charge in [0.2, 0.25) is 0 Å². The molecule has 2 nitrogen and oxygen atoms in total. The predicted octanol–water partition coefficient (Wildman–Crippen LogP) is 3.21. The Morgan fingerprint density at radius 1 is 1.62 bits per heavy atom. The quantitative estimate of drug-likeness (QED) is 0.852. The zero-order valence-corrected chi connectivity index (χ0v) is 10.9. The van der Waals surface area contributed by atoms with Gasteiger partial charge in [0.1, 0.15) is 0 Å². The minimum Gasteiger partial charge on any atom is -0.378 e. The van der Waals surface area contributed by atoms with Gasteiger partial charge in [-0.2, -0.15) is 11.3 Å². The normalized spacial score (nSPS) is 27.1. The van der Waals surface area contributed by atoms with Crippen molar-refractivity contribution in [3.05, 3.63) is 22.4 Å². The van der Waals surface area contributed by atoms with Crippen molar-refractivity contribution in [3.8, 4) is 0 Å². The van der Waals surface area contributed by atoms with Crippen LogP contribution in [0, 0.1) is 5.92 Å². The van der Waals surface area contributed by atoms with Gasteiger partial charge in [0, 0.05) is 12.0 Å². The Kier molecular flexibility index (Phi) is 4.38. The largest absolute Gasteiger partial charge is 0.378 e. The first-order chi connectivity index (χ1) is 7.81. The highest BCUT2D eigenvalue weighted by molar-refractivity contribution is 7.07. The molecule has 3 unspecified atom stereocenters. The molecule has 1 aromatic heterocycles. The molecule has 0 spiro atoms. The second-order valence-corrected chi connectivity index (χ2v) is 5.41. The van der Waals surface area contributed by atoms with Gasteiger partial charge in [-0.05, 0) is 48.7 Å². The van der Waals surface area contributed by atoms with Crippen molar-refractivity contribution in [2.75, 3.05) is 13.2 Å². The number of thiophene rings is 1. The van der Waals surface area contributed by atoms with Crippen LogP contribution in [-0.4, -0.2) is 19.3 Å². The van der Waals surface area contributed by atoms with Crippen molar-refractivity contribution in [1.82, 2.24) is 5.32 Å². The van der Waals surface area contributed by atoms with Crippen LogP contribution in [0.5, 0.6) is 0 Å². The lowest BCUT2D eigenvalue weighted by molar-refractivity contribution is 0.117. The molecule has 0 bridgehead atoms. The minimum absolute atomic E-state index is 0.426. The second kappa shape index (κ2) is 5.80. The van der Waals surface area contributed by atoms with Crippen LogP contribution in [0.3, 0.4) is 0 Å². The van der Waals surface area contributed by atoms with Crippen molar-refractivity contribution in [3.63, 3.8) is 0 Å². The molecule has 3 atom stereocenters. The van der Waals surface area contributed by atoms with Gasteiger partial charge in [-0.25, -0.2) is 0 Å². The Hall–Kier alpha value is -0.380. The van der Waals surface area contributed by atoms with Crippen LogP contribution in [0.25, 0.3) is 0 Å². The highest BCUT2D eigenvalue weighted by Gasteiger charge is 2.30. The van der Waals surface area contributed by atoms with Gasteiger partial charge < -0.3 is 10.1 Å². The van der Waals surface area contributed by atoms with E-state index in [9.17, 15) is 0 Å². The summed E-state index contributed by atoms with van der Waals surface area (Å²) in [6.07, 6.45) is 2.79. The molecule has 1 N–H and O–H groups in total. The molecule has 1 saturated heterocycles. The Labute approximate surface area is 102 Å². The SMILES string of the molecule is CCCNC(c1ccsc1)C1COC(C)C1. The Balaban J connectivity index is 2.02. The zero-order valence-electron chi connectivity index (χ0n) is 10.1. The highest BCUT2D eigenvalue weighted by Crippen LogP contribution is 2.32. The fraction of sp³-hybridized carbons (Fsp3) is 0.692. The highest BCUT2D eigenvalue weighted by atomic mass is 32.1. The number of rotatable bonds is 5. The lowest BCUT2D eigenvalue weighted by atomic mass is 9.92. The lowest BCUT2D eigenvalue weighted by Gasteiger charge is -2.23. The van der Waals surface area contributed by atoms with Gasteiger partial charge in [0.15, 0.2) is 0 Å². The number of hydrogen-bond donors (Lipinski definition) is 1. The van der Waals surface area contributed by atoms with Gasteiger partial charge in [-0.1, -0.05) is 6.92 Å². The smallest absolute Gasteiger partial charge is 0.0551 e. The molecular formula is C13H21NOS. The molecule has 0 saturated carbocycles. The summed E-state index contributed by atoms with van der Waals surface area (Å²) in [5, 5.41) is 8.08. The van der Waals surface area contributed by atoms with Crippen LogP contribution in [-0.2, 0) is 4.74 Å². The van der Waals surface area contributed by atoms with E-state index in [0.717, 1.165) is 13.2 Å². The first-order valence-electron chi connectivity index (χ1n) is 6.18. The summed E-state index contributed by atoms with van der Waals surface area (Å²) in [4.78, 5) is 0. The van der Waals surface area contributed by atoms with Crippen LogP contribution < -0.4 is 5.32 Å². The lowest BCUT2D eigenvalue weighted by Crippen LogP contribution is -2.29. The van der Waals surface area contributed by atoms with Crippen molar-refractivity contribution in [2.24, 2.45) is 5.92 Å². The molecular weight excluding hydrogens is 218 g/mol. The summed E-state index contributed by atoms with van der Waals surface area (Å²) in [5.41, 5.74) is 1.43. The Morgan fingerprint density at radius 2 is 2.50 bits per heavy atom. The summed E-state index contributed by atoms with van der Waals surface area (Å²) in [6, 6.07) is 2.72. The van der Waals surface area contributed by atoms with E-state index in [-0.39, 0.29) is 0 Å². The third kappa shape index (κ3) is 2.84. The molecule has 1 aliphatic rings. The molecule has 90 valence electrons. The van der Waals surface area contributed by atoms with E-state index in [4.69, 9.17) is 4.74 Å². The van der Waals surface area contributed by atoms with Crippen molar-refractivity contribution in [1.29, 1.82) is 0 Å². The average molecular weight is 239 g/mol. The molecule has 0 aromatic carbocycles. The second-order valence-electron chi connectivity index (χ2n) is 4.63. The summed E-state index contributed by atoms with van der Waals surface area (Å²) >= 11 is 1.78. The topological polar surface area (TPSA) is 21.3 Å². The molecule has 2 heterocycles. The van der Waals surface area contributed by atoms with Crippen LogP contribution in [0.1, 0.15) is 38.3 Å². The van der Waals surface area contributed by atoms with Gasteiger partial charge in [-0.3, -0.25) is 0 Å². The fourth-order valence-corrected chi connectivity index (χ4v) is 3.09. The van der Waals surface area contributed by atoms with Crippen molar-refractivity contribution in [2.45, 2.75) is 38.8 Å². The van der Waals surface area contributed by atoms with E-state index < -0.39 is 0 Å². The van der Waals surface area contributed by atoms with E-state index in [1.165, 1.54) is 18.4 Å². The first kappa shape index (κ1) is 12.1. The summed E-state index contributed by atoms with van der Waals surface area (Å²) < 4.78 is 5.69. The first-order valence-corrected chi connectivity index (χ1v) is 7.12. The molecule has 2 rings (SSSR count). The van der Waals surface area contributed by atoms with E-state index in [1.807, 2.05) is 0 Å². The Bertz CT molecular complexity index is 299. The molecule has 1 fully saturated rings. The standard InChI is InChI=1S/C13H21NOS/c1-3-5-14-13(11-4-6-16-9-11)12-7-10(2)15-8-12/h4,6,9-10,12-14H,3,5,7-8H2,1-2H3. The average Bonchev–Trinajstić information content (AvgIpc) is 2.91. The molecule has 0 amide bonds. The molecule has 0 radical (unpaired) electrons. The maximum Gasteiger partial charge on any atom is 0.0551 e. The molecule has 3 heteroatoms. The van der Waals surface area contributed by atoms with Crippen LogP contribution >= 0.6 is 11.3 Å². The summed E-state index contributed by atoms with van der Waals surface area (Å²) in [6.45, 7) is 6.37. The monoisotopic (exact) mass is 239 g/mol. The third-order valence-corrected chi connectivity index (χ3v) is 3.92. The van der Waals surface area contributed by atoms with Crippen LogP contribution in [0.2, 0.25) is 0 Å². The number of nitrogens with one attached hydrogen (secondary N) is 1. The van der Waals surface area contributed by atoms with Crippen molar-refractivity contribution < 1.29 is 4.74 Å². The molecule has 0 aliphatic carbocycles. The maximum atomic E-state index is 5.69. The Morgan fingerprint density at radius 3 is 3.06 bits per heavy atom. The van der Waals surface area contributed by atoms with E-state index in [1.54, 1.807) is 11.3 Å². The molecule has 1 aliphatic heterocycles. The van der Waals surface area contributed by atoms with E-state index in [0.29, 0.717) is 18.1 Å². The van der Waals surface area contributed by atoms with Crippen molar-refractivity contribution >= 4 is 11.3 Å². The van der Waals surface area contributed by atoms with Gasteiger partial charge in [0.05, 0.1) is 12.7 Å². The van der Waals surface area contributed by atoms with E-state index >= 15 is 0 Å². The molecule has 16 heavy (non-hydrogen) atoms. The zero-order chi connectivity index (χ0) is 11.4.